The molecule has 34 heavy (non-hydrogen) atoms. The number of nitrogens with zero attached hydrogens (tertiary/aromatic N) is 1. The highest BCUT2D eigenvalue weighted by Crippen LogP contribution is 2.29. The molecule has 0 saturated heterocycles. The van der Waals surface area contributed by atoms with Crippen molar-refractivity contribution in [1.29, 1.82) is 5.26 Å². The fraction of sp³-hybridized carbons (Fsp3) is 0.0714. The number of benzene rings is 4. The number of aryl methyl sites for hydroxylation is 1. The monoisotopic (exact) mass is 514 g/mol. The van der Waals surface area contributed by atoms with E-state index in [1.165, 1.54) is 30.3 Å². The molecule has 4 aromatic carbocycles. The van der Waals surface area contributed by atoms with Gasteiger partial charge in [-0.25, -0.2) is 4.39 Å². The van der Waals surface area contributed by atoms with E-state index in [0.717, 1.165) is 26.4 Å². The van der Waals surface area contributed by atoms with Crippen LogP contribution in [-0.4, -0.2) is 5.91 Å². The Morgan fingerprint density at radius 1 is 1.09 bits per heavy atom. The molecule has 0 aliphatic carbocycles. The Labute approximate surface area is 205 Å². The number of hydrogen-bond donors (Lipinski definition) is 1. The third-order valence-electron chi connectivity index (χ3n) is 5.39. The Hall–Kier alpha value is -3.95. The van der Waals surface area contributed by atoms with Gasteiger partial charge in [-0.3, -0.25) is 4.79 Å². The second-order valence-electron chi connectivity index (χ2n) is 7.68. The number of carbonyl (C=O) groups excluding carboxylic acids is 1. The maximum atomic E-state index is 13.1. The first-order valence-electron chi connectivity index (χ1n) is 10.5. The molecule has 1 amide bonds. The van der Waals surface area contributed by atoms with E-state index < -0.39 is 11.7 Å². The predicted molar refractivity (Wildman–Crippen MR) is 136 cm³/mol. The second-order valence-corrected chi connectivity index (χ2v) is 8.60. The van der Waals surface area contributed by atoms with Gasteiger partial charge in [0.15, 0.2) is 0 Å². The Morgan fingerprint density at radius 2 is 1.85 bits per heavy atom. The first kappa shape index (κ1) is 23.2. The summed E-state index contributed by atoms with van der Waals surface area (Å²) >= 11 is 3.44. The van der Waals surface area contributed by atoms with Crippen molar-refractivity contribution in [2.24, 2.45) is 0 Å². The number of nitrogens with one attached hydrogen (secondary N) is 1. The molecule has 0 atom stereocenters. The molecule has 0 aromatic heterocycles. The molecule has 4 nitrogen and oxygen atoms in total. The zero-order valence-electron chi connectivity index (χ0n) is 18.3. The highest BCUT2D eigenvalue weighted by Gasteiger charge is 2.13. The minimum atomic E-state index is -0.593. The van der Waals surface area contributed by atoms with Crippen molar-refractivity contribution in [1.82, 2.24) is 0 Å². The molecule has 0 fully saturated rings. The summed E-state index contributed by atoms with van der Waals surface area (Å²) in [7, 11) is 0. The number of fused-ring (bicyclic) bond motifs is 1. The van der Waals surface area contributed by atoms with Crippen molar-refractivity contribution in [3.63, 3.8) is 0 Å². The van der Waals surface area contributed by atoms with E-state index in [9.17, 15) is 14.4 Å². The van der Waals surface area contributed by atoms with Crippen LogP contribution in [-0.2, 0) is 11.4 Å². The Morgan fingerprint density at radius 3 is 2.62 bits per heavy atom. The molecule has 0 saturated carbocycles. The molecule has 0 spiro atoms. The van der Waals surface area contributed by atoms with Crippen molar-refractivity contribution < 1.29 is 13.9 Å². The molecule has 0 aliphatic heterocycles. The molecule has 0 heterocycles. The van der Waals surface area contributed by atoms with E-state index >= 15 is 0 Å². The fourth-order valence-corrected chi connectivity index (χ4v) is 3.96. The normalized spacial score (nSPS) is 11.2. The lowest BCUT2D eigenvalue weighted by Gasteiger charge is -2.14. The summed E-state index contributed by atoms with van der Waals surface area (Å²) in [6.45, 7) is 2.38. The Balaban J connectivity index is 1.61. The SMILES string of the molecule is Cc1ccc2ccccc2c1COc1ccc(Br)cc1/C=C(\C#N)C(=O)Nc1ccc(F)cc1. The smallest absolute Gasteiger partial charge is 0.266 e. The number of amides is 1. The Kier molecular flexibility index (Phi) is 7.05. The lowest BCUT2D eigenvalue weighted by molar-refractivity contribution is -0.112. The molecular formula is C28H20BrFN2O2. The van der Waals surface area contributed by atoms with Crippen molar-refractivity contribution in [3.05, 3.63) is 111 Å². The molecule has 0 radical (unpaired) electrons. The first-order chi connectivity index (χ1) is 16.4. The second kappa shape index (κ2) is 10.3. The number of nitriles is 1. The summed E-state index contributed by atoms with van der Waals surface area (Å²) in [5.41, 5.74) is 3.06. The van der Waals surface area contributed by atoms with Gasteiger partial charge < -0.3 is 10.1 Å². The van der Waals surface area contributed by atoms with Crippen LogP contribution in [0.4, 0.5) is 10.1 Å². The third kappa shape index (κ3) is 5.33. The average molecular weight is 515 g/mol. The molecule has 0 aliphatic rings. The average Bonchev–Trinajstić information content (AvgIpc) is 2.84. The molecular weight excluding hydrogens is 495 g/mol. The van der Waals surface area contributed by atoms with E-state index in [4.69, 9.17) is 4.74 Å². The quantitative estimate of drug-likeness (QED) is 0.219. The van der Waals surface area contributed by atoms with Gasteiger partial charge in [0.25, 0.3) is 5.91 Å². The van der Waals surface area contributed by atoms with Gasteiger partial charge in [-0.2, -0.15) is 5.26 Å². The molecule has 4 aromatic rings. The van der Waals surface area contributed by atoms with Crippen molar-refractivity contribution in [2.75, 3.05) is 5.32 Å². The van der Waals surface area contributed by atoms with Crippen molar-refractivity contribution >= 4 is 44.4 Å². The molecule has 4 rings (SSSR count). The van der Waals surface area contributed by atoms with E-state index in [0.29, 0.717) is 23.6 Å². The van der Waals surface area contributed by atoms with Crippen LogP contribution in [0.3, 0.4) is 0 Å². The van der Waals surface area contributed by atoms with E-state index in [1.807, 2.05) is 31.2 Å². The molecule has 168 valence electrons. The predicted octanol–water partition coefficient (Wildman–Crippen LogP) is 7.17. The van der Waals surface area contributed by atoms with E-state index in [1.54, 1.807) is 12.1 Å². The summed E-state index contributed by atoms with van der Waals surface area (Å²) in [6, 6.07) is 25.0. The van der Waals surface area contributed by atoms with Crippen LogP contribution in [0.15, 0.2) is 88.9 Å². The number of halogens is 2. The van der Waals surface area contributed by atoms with E-state index in [-0.39, 0.29) is 5.57 Å². The summed E-state index contributed by atoms with van der Waals surface area (Å²) in [4.78, 5) is 12.7. The van der Waals surface area contributed by atoms with Crippen molar-refractivity contribution in [3.8, 4) is 11.8 Å². The molecule has 1 N–H and O–H groups in total. The Bertz CT molecular complexity index is 1440. The van der Waals surface area contributed by atoms with Gasteiger partial charge in [0, 0.05) is 21.3 Å². The van der Waals surface area contributed by atoms with Gasteiger partial charge in [-0.15, -0.1) is 0 Å². The lowest BCUT2D eigenvalue weighted by Crippen LogP contribution is -2.13. The van der Waals surface area contributed by atoms with Crippen LogP contribution >= 0.6 is 15.9 Å². The first-order valence-corrected chi connectivity index (χ1v) is 11.3. The van der Waals surface area contributed by atoms with Gasteiger partial charge in [0.2, 0.25) is 0 Å². The number of anilines is 1. The van der Waals surface area contributed by atoms with Gasteiger partial charge >= 0.3 is 0 Å². The minimum absolute atomic E-state index is 0.103. The van der Waals surface area contributed by atoms with Crippen LogP contribution in [0.1, 0.15) is 16.7 Å². The highest BCUT2D eigenvalue weighted by molar-refractivity contribution is 9.10. The minimum Gasteiger partial charge on any atom is -0.488 e. The highest BCUT2D eigenvalue weighted by atomic mass is 79.9. The van der Waals surface area contributed by atoms with Crippen LogP contribution in [0.25, 0.3) is 16.8 Å². The van der Waals surface area contributed by atoms with Gasteiger partial charge in [0.05, 0.1) is 0 Å². The number of rotatable bonds is 6. The van der Waals surface area contributed by atoms with E-state index in [2.05, 4.69) is 45.5 Å². The largest absolute Gasteiger partial charge is 0.488 e. The third-order valence-corrected chi connectivity index (χ3v) is 5.88. The zero-order valence-corrected chi connectivity index (χ0v) is 19.9. The summed E-state index contributed by atoms with van der Waals surface area (Å²) < 4.78 is 20.1. The van der Waals surface area contributed by atoms with Crippen LogP contribution < -0.4 is 10.1 Å². The summed E-state index contributed by atoms with van der Waals surface area (Å²) in [5.74, 6) is -0.464. The summed E-state index contributed by atoms with van der Waals surface area (Å²) in [6.07, 6.45) is 1.48. The number of carbonyl (C=O) groups is 1. The molecule has 6 heteroatoms. The van der Waals surface area contributed by atoms with Crippen LogP contribution in [0, 0.1) is 24.1 Å². The van der Waals surface area contributed by atoms with Crippen LogP contribution in [0.2, 0.25) is 0 Å². The van der Waals surface area contributed by atoms with Crippen molar-refractivity contribution in [2.45, 2.75) is 13.5 Å². The lowest BCUT2D eigenvalue weighted by atomic mass is 10.0. The number of ether oxygens (including phenoxy) is 1. The maximum Gasteiger partial charge on any atom is 0.266 e. The molecule has 0 unspecified atom stereocenters. The van der Waals surface area contributed by atoms with Gasteiger partial charge in [0.1, 0.15) is 29.8 Å². The molecule has 0 bridgehead atoms. The summed E-state index contributed by atoms with van der Waals surface area (Å²) in [5, 5.41) is 14.5. The fourth-order valence-electron chi connectivity index (χ4n) is 3.59. The van der Waals surface area contributed by atoms with Gasteiger partial charge in [-0.05, 0) is 71.8 Å². The van der Waals surface area contributed by atoms with Gasteiger partial charge in [-0.1, -0.05) is 52.3 Å². The topological polar surface area (TPSA) is 62.1 Å². The zero-order chi connectivity index (χ0) is 24.1. The standard InChI is InChI=1S/C28H20BrFN2O2/c1-18-6-7-19-4-2-3-5-25(19)26(18)17-34-27-13-8-22(29)15-20(27)14-21(16-31)28(33)32-24-11-9-23(30)10-12-24/h2-15H,17H2,1H3,(H,32,33)/b21-14+. The van der Waals surface area contributed by atoms with Crippen LogP contribution in [0.5, 0.6) is 5.75 Å². The maximum absolute atomic E-state index is 13.1. The number of hydrogen-bond acceptors (Lipinski definition) is 3.